The summed E-state index contributed by atoms with van der Waals surface area (Å²) in [7, 11) is -3.97. The Bertz CT molecular complexity index is 1490. The number of sulfonamides is 1. The summed E-state index contributed by atoms with van der Waals surface area (Å²) in [5.41, 5.74) is 5.50. The van der Waals surface area contributed by atoms with E-state index in [1.807, 2.05) is 31.2 Å². The van der Waals surface area contributed by atoms with Crippen LogP contribution < -0.4 is 14.5 Å². The normalized spacial score (nSPS) is 11.3. The van der Waals surface area contributed by atoms with E-state index in [-0.39, 0.29) is 4.90 Å². The maximum Gasteiger partial charge on any atom is 0.264 e. The molecule has 38 heavy (non-hydrogen) atoms. The number of nitrogens with zero attached hydrogens (tertiary/aromatic N) is 2. The molecule has 0 aliphatic carbocycles. The van der Waals surface area contributed by atoms with Gasteiger partial charge in [-0.1, -0.05) is 59.6 Å². The third kappa shape index (κ3) is 7.21. The minimum atomic E-state index is -3.97. The van der Waals surface area contributed by atoms with Gasteiger partial charge >= 0.3 is 0 Å². The number of hydrazone groups is 1. The van der Waals surface area contributed by atoms with Gasteiger partial charge in [0, 0.05) is 5.02 Å². The standard InChI is InChI=1S/C29H26ClN3O4S/c1-22-7-15-26(16-8-22)33(38(35,36)28-5-3-2-4-6-28)20-29(34)32-31-19-23-11-17-27(18-12-23)37-21-24-9-13-25(30)14-10-24/h2-19H,20-21H2,1H3,(H,32,34)/b31-19-. The van der Waals surface area contributed by atoms with Gasteiger partial charge in [0.1, 0.15) is 18.9 Å². The van der Waals surface area contributed by atoms with Gasteiger partial charge in [-0.3, -0.25) is 9.10 Å². The van der Waals surface area contributed by atoms with Crippen molar-refractivity contribution in [2.45, 2.75) is 18.4 Å². The van der Waals surface area contributed by atoms with Crippen LogP contribution in [-0.4, -0.2) is 27.1 Å². The van der Waals surface area contributed by atoms with Gasteiger partial charge in [0.2, 0.25) is 0 Å². The molecule has 7 nitrogen and oxygen atoms in total. The number of hydrogen-bond acceptors (Lipinski definition) is 5. The van der Waals surface area contributed by atoms with Crippen molar-refractivity contribution in [1.82, 2.24) is 5.43 Å². The van der Waals surface area contributed by atoms with Gasteiger partial charge in [-0.15, -0.1) is 0 Å². The number of nitrogens with one attached hydrogen (secondary N) is 1. The fourth-order valence-electron chi connectivity index (χ4n) is 3.49. The van der Waals surface area contributed by atoms with E-state index in [1.54, 1.807) is 66.7 Å². The average Bonchev–Trinajstić information content (AvgIpc) is 2.93. The molecule has 194 valence electrons. The molecule has 4 aromatic rings. The summed E-state index contributed by atoms with van der Waals surface area (Å²) in [6.07, 6.45) is 1.47. The molecular weight excluding hydrogens is 522 g/mol. The molecule has 0 saturated heterocycles. The summed E-state index contributed by atoms with van der Waals surface area (Å²) in [5.74, 6) is 0.102. The Labute approximate surface area is 227 Å². The summed E-state index contributed by atoms with van der Waals surface area (Å²) in [6.45, 7) is 1.87. The first-order valence-corrected chi connectivity index (χ1v) is 13.6. The SMILES string of the molecule is Cc1ccc(N(CC(=O)N/N=C\c2ccc(OCc3ccc(Cl)cc3)cc2)S(=O)(=O)c2ccccc2)cc1. The zero-order valence-corrected chi connectivity index (χ0v) is 22.2. The highest BCUT2D eigenvalue weighted by molar-refractivity contribution is 7.92. The predicted molar refractivity (Wildman–Crippen MR) is 150 cm³/mol. The molecule has 0 atom stereocenters. The van der Waals surface area contributed by atoms with E-state index in [0.717, 1.165) is 21.0 Å². The second-order valence-electron chi connectivity index (χ2n) is 8.44. The zero-order valence-electron chi connectivity index (χ0n) is 20.6. The van der Waals surface area contributed by atoms with Crippen LogP contribution in [-0.2, 0) is 21.4 Å². The van der Waals surface area contributed by atoms with E-state index in [2.05, 4.69) is 10.5 Å². The lowest BCUT2D eigenvalue weighted by molar-refractivity contribution is -0.119. The van der Waals surface area contributed by atoms with E-state index in [9.17, 15) is 13.2 Å². The van der Waals surface area contributed by atoms with Crippen LogP contribution in [0.5, 0.6) is 5.75 Å². The largest absolute Gasteiger partial charge is 0.489 e. The van der Waals surface area contributed by atoms with Crippen molar-refractivity contribution >= 4 is 39.4 Å². The Morgan fingerprint density at radius 1 is 0.921 bits per heavy atom. The molecule has 0 aliphatic rings. The molecule has 0 unspecified atom stereocenters. The minimum Gasteiger partial charge on any atom is -0.489 e. The topological polar surface area (TPSA) is 88.1 Å². The minimum absolute atomic E-state index is 0.0928. The van der Waals surface area contributed by atoms with E-state index in [4.69, 9.17) is 16.3 Å². The molecule has 0 radical (unpaired) electrons. The Kier molecular flexibility index (Phi) is 8.78. The molecule has 0 bridgehead atoms. The fraction of sp³-hybridized carbons (Fsp3) is 0.103. The predicted octanol–water partition coefficient (Wildman–Crippen LogP) is 5.57. The molecule has 0 saturated carbocycles. The van der Waals surface area contributed by atoms with Gasteiger partial charge < -0.3 is 4.74 Å². The van der Waals surface area contributed by atoms with E-state index < -0.39 is 22.5 Å². The summed E-state index contributed by atoms with van der Waals surface area (Å²) in [5, 5.41) is 4.66. The molecular formula is C29H26ClN3O4S. The van der Waals surface area contributed by atoms with Crippen LogP contribution in [0.4, 0.5) is 5.69 Å². The molecule has 9 heteroatoms. The van der Waals surface area contributed by atoms with Crippen molar-refractivity contribution in [1.29, 1.82) is 0 Å². The summed E-state index contributed by atoms with van der Waals surface area (Å²) < 4.78 is 33.5. The highest BCUT2D eigenvalue weighted by Crippen LogP contribution is 2.24. The first-order valence-electron chi connectivity index (χ1n) is 11.7. The smallest absolute Gasteiger partial charge is 0.264 e. The number of carbonyl (C=O) groups is 1. The van der Waals surface area contributed by atoms with Crippen molar-refractivity contribution in [2.24, 2.45) is 5.10 Å². The second-order valence-corrected chi connectivity index (χ2v) is 10.7. The number of anilines is 1. The summed E-state index contributed by atoms with van der Waals surface area (Å²) in [6, 6.07) is 29.5. The maximum absolute atomic E-state index is 13.3. The lowest BCUT2D eigenvalue weighted by atomic mass is 10.2. The second kappa shape index (κ2) is 12.4. The molecule has 1 amide bonds. The molecule has 4 aromatic carbocycles. The first kappa shape index (κ1) is 26.9. The van der Waals surface area contributed by atoms with Gasteiger partial charge in [-0.05, 0) is 78.7 Å². The molecule has 1 N–H and O–H groups in total. The number of halogens is 1. The van der Waals surface area contributed by atoms with Crippen LogP contribution in [0.25, 0.3) is 0 Å². The quantitative estimate of drug-likeness (QED) is 0.207. The van der Waals surface area contributed by atoms with Gasteiger partial charge in [0.25, 0.3) is 15.9 Å². The van der Waals surface area contributed by atoms with Crippen LogP contribution in [0, 0.1) is 6.92 Å². The molecule has 0 aromatic heterocycles. The molecule has 4 rings (SSSR count). The van der Waals surface area contributed by atoms with Crippen molar-refractivity contribution in [3.8, 4) is 5.75 Å². The highest BCUT2D eigenvalue weighted by Gasteiger charge is 2.27. The van der Waals surface area contributed by atoms with Crippen LogP contribution in [0.2, 0.25) is 5.02 Å². The number of hydrogen-bond donors (Lipinski definition) is 1. The number of benzene rings is 4. The Balaban J connectivity index is 1.38. The number of rotatable bonds is 10. The highest BCUT2D eigenvalue weighted by atomic mass is 35.5. The van der Waals surface area contributed by atoms with E-state index in [1.165, 1.54) is 18.3 Å². The monoisotopic (exact) mass is 547 g/mol. The van der Waals surface area contributed by atoms with Crippen LogP contribution >= 0.6 is 11.6 Å². The zero-order chi connectivity index (χ0) is 27.0. The van der Waals surface area contributed by atoms with Crippen molar-refractivity contribution < 1.29 is 17.9 Å². The summed E-state index contributed by atoms with van der Waals surface area (Å²) in [4.78, 5) is 12.8. The fourth-order valence-corrected chi connectivity index (χ4v) is 5.06. The third-order valence-corrected chi connectivity index (χ3v) is 7.58. The van der Waals surface area contributed by atoms with E-state index >= 15 is 0 Å². The van der Waals surface area contributed by atoms with Crippen molar-refractivity contribution in [3.63, 3.8) is 0 Å². The lowest BCUT2D eigenvalue weighted by Crippen LogP contribution is -2.39. The molecule has 0 fully saturated rings. The number of ether oxygens (including phenoxy) is 1. The van der Waals surface area contributed by atoms with Gasteiger partial charge in [-0.25, -0.2) is 13.8 Å². The van der Waals surface area contributed by atoms with Gasteiger partial charge in [0.05, 0.1) is 16.8 Å². The maximum atomic E-state index is 13.3. The number of carbonyl (C=O) groups excluding carboxylic acids is 1. The van der Waals surface area contributed by atoms with E-state index in [0.29, 0.717) is 23.1 Å². The Hall–Kier alpha value is -4.14. The molecule has 0 spiro atoms. The average molecular weight is 548 g/mol. The lowest BCUT2D eigenvalue weighted by Gasteiger charge is -2.23. The third-order valence-electron chi connectivity index (χ3n) is 5.54. The molecule has 0 aliphatic heterocycles. The number of amides is 1. The van der Waals surface area contributed by atoms with Crippen molar-refractivity contribution in [3.05, 3.63) is 125 Å². The van der Waals surface area contributed by atoms with Gasteiger partial charge in [-0.2, -0.15) is 5.10 Å². The van der Waals surface area contributed by atoms with Gasteiger partial charge in [0.15, 0.2) is 0 Å². The van der Waals surface area contributed by atoms with Crippen LogP contribution in [0.3, 0.4) is 0 Å². The van der Waals surface area contributed by atoms with Crippen LogP contribution in [0.15, 0.2) is 113 Å². The first-order chi connectivity index (χ1) is 18.3. The van der Waals surface area contributed by atoms with Crippen LogP contribution in [0.1, 0.15) is 16.7 Å². The number of aryl methyl sites for hydroxylation is 1. The summed E-state index contributed by atoms with van der Waals surface area (Å²) >= 11 is 5.90. The van der Waals surface area contributed by atoms with Crippen molar-refractivity contribution in [2.75, 3.05) is 10.8 Å². The Morgan fingerprint density at radius 2 is 1.58 bits per heavy atom. The molecule has 0 heterocycles. The Morgan fingerprint density at radius 3 is 2.24 bits per heavy atom.